The normalized spacial score (nSPS) is 11.6. The molecule has 1 aromatic heterocycles. The van der Waals surface area contributed by atoms with E-state index in [0.717, 1.165) is 21.7 Å². The zero-order chi connectivity index (χ0) is 20.2. The number of rotatable bonds is 8. The second-order valence-corrected chi connectivity index (χ2v) is 8.61. The van der Waals surface area contributed by atoms with E-state index in [2.05, 4.69) is 9.72 Å². The number of nitro groups is 1. The number of sulfonamides is 1. The summed E-state index contributed by atoms with van der Waals surface area (Å²) < 4.78 is 31.6. The van der Waals surface area contributed by atoms with Crippen LogP contribution in [0.25, 0.3) is 0 Å². The van der Waals surface area contributed by atoms with Crippen molar-refractivity contribution in [3.8, 4) is 0 Å². The molecular formula is C15H16ClN3O6S2. The van der Waals surface area contributed by atoms with Gasteiger partial charge >= 0.3 is 5.97 Å². The van der Waals surface area contributed by atoms with Gasteiger partial charge in [-0.05, 0) is 18.6 Å². The van der Waals surface area contributed by atoms with Crippen LogP contribution in [-0.4, -0.2) is 42.3 Å². The highest BCUT2D eigenvalue weighted by Gasteiger charge is 2.28. The molecule has 0 aliphatic carbocycles. The summed E-state index contributed by atoms with van der Waals surface area (Å²) in [7, 11) is -2.81. The van der Waals surface area contributed by atoms with Gasteiger partial charge in [0.25, 0.3) is 5.69 Å². The maximum absolute atomic E-state index is 13.0. The Morgan fingerprint density at radius 2 is 2.15 bits per heavy atom. The first-order valence-electron chi connectivity index (χ1n) is 7.67. The van der Waals surface area contributed by atoms with E-state index in [1.807, 2.05) is 0 Å². The molecule has 2 rings (SSSR count). The van der Waals surface area contributed by atoms with Crippen molar-refractivity contribution in [1.82, 2.24) is 9.29 Å². The third-order valence-electron chi connectivity index (χ3n) is 3.48. The van der Waals surface area contributed by atoms with Crippen molar-refractivity contribution < 1.29 is 22.9 Å². The molecule has 12 heteroatoms. The number of hydrogen-bond acceptors (Lipinski definition) is 8. The number of nitro benzene ring substituents is 1. The van der Waals surface area contributed by atoms with Crippen LogP contribution in [0.4, 0.5) is 5.69 Å². The predicted molar refractivity (Wildman–Crippen MR) is 99.4 cm³/mol. The number of carbonyl (C=O) groups excluding carboxylic acids is 1. The molecule has 0 spiro atoms. The van der Waals surface area contributed by atoms with E-state index in [-0.39, 0.29) is 28.7 Å². The van der Waals surface area contributed by atoms with E-state index in [9.17, 15) is 23.3 Å². The van der Waals surface area contributed by atoms with Crippen LogP contribution in [0.5, 0.6) is 0 Å². The lowest BCUT2D eigenvalue weighted by Crippen LogP contribution is -2.31. The summed E-state index contributed by atoms with van der Waals surface area (Å²) >= 11 is 6.88. The highest BCUT2D eigenvalue weighted by Crippen LogP contribution is 2.29. The molecule has 0 aliphatic rings. The van der Waals surface area contributed by atoms with Gasteiger partial charge in [0.05, 0.1) is 23.5 Å². The van der Waals surface area contributed by atoms with Crippen LogP contribution in [0.2, 0.25) is 5.02 Å². The standard InChI is InChI=1S/C15H16ClN3O6S2/c1-3-6-18(8-14-17-12(9-26-14)15(20)25-2)27(23,24)10-4-5-11(16)13(7-10)19(21)22/h4-5,7,9H,3,6,8H2,1-2H3. The lowest BCUT2D eigenvalue weighted by Gasteiger charge is -2.20. The van der Waals surface area contributed by atoms with Gasteiger partial charge in [0, 0.05) is 18.0 Å². The van der Waals surface area contributed by atoms with Gasteiger partial charge in [0.1, 0.15) is 10.0 Å². The first-order chi connectivity index (χ1) is 12.7. The summed E-state index contributed by atoms with van der Waals surface area (Å²) in [5, 5.41) is 12.8. The van der Waals surface area contributed by atoms with Crippen LogP contribution in [0.1, 0.15) is 28.8 Å². The Kier molecular flexibility index (Phi) is 6.87. The highest BCUT2D eigenvalue weighted by atomic mass is 35.5. The van der Waals surface area contributed by atoms with E-state index >= 15 is 0 Å². The van der Waals surface area contributed by atoms with Crippen LogP contribution >= 0.6 is 22.9 Å². The van der Waals surface area contributed by atoms with Gasteiger partial charge in [-0.1, -0.05) is 18.5 Å². The van der Waals surface area contributed by atoms with Gasteiger partial charge in [-0.2, -0.15) is 4.31 Å². The van der Waals surface area contributed by atoms with Gasteiger partial charge in [0.15, 0.2) is 5.69 Å². The summed E-state index contributed by atoms with van der Waals surface area (Å²) in [6.45, 7) is 1.90. The number of ether oxygens (including phenoxy) is 1. The lowest BCUT2D eigenvalue weighted by molar-refractivity contribution is -0.384. The predicted octanol–water partition coefficient (Wildman–Crippen LogP) is 3.09. The van der Waals surface area contributed by atoms with Crippen LogP contribution in [0, 0.1) is 10.1 Å². The minimum absolute atomic E-state index is 0.0751. The molecule has 0 atom stereocenters. The largest absolute Gasteiger partial charge is 0.464 e. The molecule has 0 saturated heterocycles. The molecule has 146 valence electrons. The Hall–Kier alpha value is -2.08. The Labute approximate surface area is 164 Å². The van der Waals surface area contributed by atoms with E-state index in [1.165, 1.54) is 24.6 Å². The fourth-order valence-electron chi connectivity index (χ4n) is 2.21. The highest BCUT2D eigenvalue weighted by molar-refractivity contribution is 7.89. The van der Waals surface area contributed by atoms with Gasteiger partial charge in [-0.3, -0.25) is 10.1 Å². The number of carbonyl (C=O) groups is 1. The molecule has 0 unspecified atom stereocenters. The number of hydrogen-bond donors (Lipinski definition) is 0. The zero-order valence-corrected chi connectivity index (χ0v) is 16.8. The summed E-state index contributed by atoms with van der Waals surface area (Å²) in [5.41, 5.74) is -0.398. The summed E-state index contributed by atoms with van der Waals surface area (Å²) in [4.78, 5) is 25.6. The number of methoxy groups -OCH3 is 1. The maximum atomic E-state index is 13.0. The zero-order valence-electron chi connectivity index (χ0n) is 14.4. The van der Waals surface area contributed by atoms with Crippen LogP contribution in [-0.2, 0) is 21.3 Å². The average Bonchev–Trinajstić information content (AvgIpc) is 3.09. The van der Waals surface area contributed by atoms with Gasteiger partial charge in [-0.25, -0.2) is 18.2 Å². The molecule has 9 nitrogen and oxygen atoms in total. The monoisotopic (exact) mass is 433 g/mol. The Bertz CT molecular complexity index is 960. The number of esters is 1. The molecule has 0 radical (unpaired) electrons. The molecule has 0 aliphatic heterocycles. The quantitative estimate of drug-likeness (QED) is 0.356. The van der Waals surface area contributed by atoms with Crippen molar-refractivity contribution in [2.45, 2.75) is 24.8 Å². The number of nitrogens with zero attached hydrogens (tertiary/aromatic N) is 3. The van der Waals surface area contributed by atoms with E-state index in [1.54, 1.807) is 6.92 Å². The van der Waals surface area contributed by atoms with E-state index in [4.69, 9.17) is 11.6 Å². The molecule has 0 bridgehead atoms. The second kappa shape index (κ2) is 8.74. The van der Waals surface area contributed by atoms with Crippen molar-refractivity contribution in [1.29, 1.82) is 0 Å². The summed E-state index contributed by atoms with van der Waals surface area (Å²) in [5.74, 6) is -0.615. The first-order valence-corrected chi connectivity index (χ1v) is 10.4. The van der Waals surface area contributed by atoms with Crippen molar-refractivity contribution in [2.24, 2.45) is 0 Å². The topological polar surface area (TPSA) is 120 Å². The van der Waals surface area contributed by atoms with Crippen LogP contribution in [0.15, 0.2) is 28.5 Å². The number of thiazole rings is 1. The summed E-state index contributed by atoms with van der Waals surface area (Å²) in [6, 6.07) is 3.33. The molecule has 0 amide bonds. The third kappa shape index (κ3) is 4.80. The van der Waals surface area contributed by atoms with Crippen molar-refractivity contribution in [3.05, 3.63) is 49.4 Å². The fraction of sp³-hybridized carbons (Fsp3) is 0.333. The maximum Gasteiger partial charge on any atom is 0.357 e. The number of halogens is 1. The molecule has 0 N–H and O–H groups in total. The third-order valence-corrected chi connectivity index (χ3v) is 6.48. The molecule has 27 heavy (non-hydrogen) atoms. The second-order valence-electron chi connectivity index (χ2n) is 5.33. The fourth-order valence-corrected chi connectivity index (χ4v) is 4.77. The smallest absolute Gasteiger partial charge is 0.357 e. The van der Waals surface area contributed by atoms with E-state index in [0.29, 0.717) is 11.4 Å². The molecule has 0 saturated carbocycles. The molecular weight excluding hydrogens is 418 g/mol. The molecule has 0 fully saturated rings. The van der Waals surface area contributed by atoms with Crippen LogP contribution in [0.3, 0.4) is 0 Å². The van der Waals surface area contributed by atoms with Crippen molar-refractivity contribution in [2.75, 3.05) is 13.7 Å². The minimum atomic E-state index is -4.03. The van der Waals surface area contributed by atoms with Crippen molar-refractivity contribution in [3.63, 3.8) is 0 Å². The van der Waals surface area contributed by atoms with Gasteiger partial charge in [-0.15, -0.1) is 11.3 Å². The minimum Gasteiger partial charge on any atom is -0.464 e. The number of aromatic nitrogens is 1. The van der Waals surface area contributed by atoms with Crippen LogP contribution < -0.4 is 0 Å². The average molecular weight is 434 g/mol. The SMILES string of the molecule is CCCN(Cc1nc(C(=O)OC)cs1)S(=O)(=O)c1ccc(Cl)c([N+](=O)[O-])c1. The van der Waals surface area contributed by atoms with E-state index < -0.39 is 26.6 Å². The van der Waals surface area contributed by atoms with Gasteiger partial charge < -0.3 is 4.74 Å². The molecule has 2 aromatic rings. The first kappa shape index (κ1) is 21.2. The lowest BCUT2D eigenvalue weighted by atomic mass is 10.3. The molecule has 1 heterocycles. The Morgan fingerprint density at radius 1 is 1.44 bits per heavy atom. The number of benzene rings is 1. The Morgan fingerprint density at radius 3 is 2.74 bits per heavy atom. The van der Waals surface area contributed by atoms with Gasteiger partial charge in [0.2, 0.25) is 10.0 Å². The molecule has 1 aromatic carbocycles. The summed E-state index contributed by atoms with van der Waals surface area (Å²) in [6.07, 6.45) is 0.518. The van der Waals surface area contributed by atoms with Crippen molar-refractivity contribution >= 4 is 44.6 Å². The Balaban J connectivity index is 2.37.